The summed E-state index contributed by atoms with van der Waals surface area (Å²) in [5, 5.41) is 3.24. The summed E-state index contributed by atoms with van der Waals surface area (Å²) in [6.07, 6.45) is -2.12. The van der Waals surface area contributed by atoms with Gasteiger partial charge in [0, 0.05) is 47.0 Å². The minimum atomic E-state index is -3.04. The number of rotatable bonds is 4. The van der Waals surface area contributed by atoms with Crippen molar-refractivity contribution in [1.82, 2.24) is 0 Å². The van der Waals surface area contributed by atoms with Crippen LogP contribution in [-0.2, 0) is 6.37 Å². The third-order valence-electron chi connectivity index (χ3n) is 11.4. The average molecular weight is 832 g/mol. The second-order valence-electron chi connectivity index (χ2n) is 16.9. The van der Waals surface area contributed by atoms with Crippen LogP contribution in [0.4, 0.5) is 0 Å². The Morgan fingerprint density at radius 2 is 0.877 bits per heavy atom. The molecule has 0 aromatic heterocycles. The van der Waals surface area contributed by atoms with Gasteiger partial charge in [0.25, 0.3) is 33.3 Å². The van der Waals surface area contributed by atoms with E-state index in [9.17, 15) is 11.0 Å². The Kier molecular flexibility index (Phi) is 6.88. The minimum absolute atomic E-state index is 0.0167. The molecule has 292 valence electrons. The lowest BCUT2D eigenvalue weighted by Crippen LogP contribution is -2.57. The predicted molar refractivity (Wildman–Crippen MR) is 250 cm³/mol. The molecule has 6 aromatic carbocycles. The number of hydrogen-bond donors (Lipinski definition) is 0. The summed E-state index contributed by atoms with van der Waals surface area (Å²) in [4.78, 5) is 0. The van der Waals surface area contributed by atoms with Crippen molar-refractivity contribution in [2.45, 2.75) is 86.2 Å². The molecule has 4 nitrogen and oxygen atoms in total. The first-order valence-corrected chi connectivity index (χ1v) is 31.0. The van der Waals surface area contributed by atoms with E-state index in [1.54, 1.807) is 24.3 Å². The molecule has 0 N–H and O–H groups in total. The van der Waals surface area contributed by atoms with Crippen LogP contribution in [0.2, 0.25) is 52.4 Å². The fraction of sp³-hybridized carbons (Fsp3) is 0.265. The summed E-state index contributed by atoms with van der Waals surface area (Å²) in [6, 6.07) is 31.9. The first-order valence-electron chi connectivity index (χ1n) is 24.8. The Balaban J connectivity index is 1.50. The molecule has 0 amide bonds. The highest BCUT2D eigenvalue weighted by molar-refractivity contribution is 6.90. The zero-order valence-corrected chi connectivity index (χ0v) is 38.0. The third-order valence-corrected chi connectivity index (χ3v) is 21.0. The summed E-state index contributed by atoms with van der Waals surface area (Å²) in [5.74, 6) is 2.16. The maximum atomic E-state index is 9.34. The third kappa shape index (κ3) is 6.64. The molecule has 57 heavy (non-hydrogen) atoms. The van der Waals surface area contributed by atoms with Crippen molar-refractivity contribution in [2.75, 3.05) is 0 Å². The van der Waals surface area contributed by atoms with Gasteiger partial charge in [0.05, 0.1) is 0 Å². The molecule has 2 heterocycles. The summed E-state index contributed by atoms with van der Waals surface area (Å²) in [5.41, 5.74) is -0.433. The van der Waals surface area contributed by atoms with Crippen molar-refractivity contribution < 1.29 is 32.8 Å². The lowest BCUT2D eigenvalue weighted by atomic mass is 9.84. The van der Waals surface area contributed by atoms with Gasteiger partial charge in [-0.3, -0.25) is 0 Å². The summed E-state index contributed by atoms with van der Waals surface area (Å²) < 4.78 is 129. The zero-order valence-electron chi connectivity index (χ0n) is 45.0. The number of aryl methyl sites for hydroxylation is 2. The van der Waals surface area contributed by atoms with Gasteiger partial charge >= 0.3 is 0 Å². The van der Waals surface area contributed by atoms with Crippen LogP contribution in [0, 0.1) is 20.6 Å². The Bertz CT molecular complexity index is 2790. The van der Waals surface area contributed by atoms with Crippen LogP contribution in [0.3, 0.4) is 0 Å². The standard InChI is InChI=1S/C49H56O4Si4/c1-13-35-29-31-37(34(4)47(35)39-21-19-27-45-49(39)53-55(7,8)43-25-17-15-23-41(43)51-57(45,11)12)36-30-28-32(2)46(33(36)3)38-20-18-26-44-48(38)52-54(5,6)42-24-16-14-22-40(42)50-56(44,9)10/h14-31H,13H2,1-12H3/i2D3,3D3,4D3,13D2. The second-order valence-corrected chi connectivity index (χ2v) is 31.9. The zero-order chi connectivity index (χ0) is 49.9. The van der Waals surface area contributed by atoms with Crippen LogP contribution < -0.4 is 38.5 Å². The molecule has 0 atom stereocenters. The Morgan fingerprint density at radius 1 is 0.439 bits per heavy atom. The largest absolute Gasteiger partial charge is 0.539 e. The van der Waals surface area contributed by atoms with Crippen LogP contribution in [0.25, 0.3) is 33.4 Å². The Labute approximate surface area is 359 Å². The van der Waals surface area contributed by atoms with E-state index in [0.717, 1.165) is 21.3 Å². The van der Waals surface area contributed by atoms with E-state index in [-0.39, 0.29) is 50.1 Å². The molecular formula is C49H56O4Si4. The van der Waals surface area contributed by atoms with Crippen molar-refractivity contribution in [2.24, 2.45) is 0 Å². The van der Waals surface area contributed by atoms with Crippen molar-refractivity contribution >= 4 is 54.0 Å². The van der Waals surface area contributed by atoms with E-state index >= 15 is 0 Å². The van der Waals surface area contributed by atoms with Crippen LogP contribution in [0.5, 0.6) is 23.0 Å². The fourth-order valence-electron chi connectivity index (χ4n) is 8.44. The van der Waals surface area contributed by atoms with Gasteiger partial charge in [-0.25, -0.2) is 0 Å². The molecule has 0 radical (unpaired) electrons. The van der Waals surface area contributed by atoms with Crippen molar-refractivity contribution in [3.05, 3.63) is 131 Å². The van der Waals surface area contributed by atoms with Crippen molar-refractivity contribution in [1.29, 1.82) is 0 Å². The average Bonchev–Trinajstić information content (AvgIpc) is 3.20. The van der Waals surface area contributed by atoms with E-state index in [4.69, 9.17) is 21.8 Å². The summed E-state index contributed by atoms with van der Waals surface area (Å²) in [7, 11) is -11.7. The first-order chi connectivity index (χ1) is 31.3. The number of benzene rings is 6. The molecule has 0 bridgehead atoms. The van der Waals surface area contributed by atoms with Gasteiger partial charge in [0.15, 0.2) is 0 Å². The molecule has 2 aliphatic rings. The van der Waals surface area contributed by atoms with Crippen LogP contribution in [0.1, 0.15) is 44.3 Å². The summed E-state index contributed by atoms with van der Waals surface area (Å²) >= 11 is 0. The van der Waals surface area contributed by atoms with E-state index in [1.165, 1.54) is 31.2 Å². The van der Waals surface area contributed by atoms with E-state index in [0.29, 0.717) is 28.0 Å². The second kappa shape index (κ2) is 14.0. The monoisotopic (exact) mass is 831 g/mol. The number of fused-ring (bicyclic) bond motifs is 4. The quantitative estimate of drug-likeness (QED) is 0.166. The molecule has 8 heteroatoms. The molecule has 0 unspecified atom stereocenters. The SMILES string of the molecule is [2H]C([2H])([2H])c1ccc(-c2ccc(C([2H])([2H])C)c(-c3cccc4c3O[Si](C)(C)c3ccccc3O[Si]4(C)C)c2C([2H])([2H])[2H])c(C([2H])([2H])[2H])c1-c1cccc2c1O[Si](C)(C)c1ccccc1O[Si]2(C)C. The molecule has 0 saturated heterocycles. The van der Waals surface area contributed by atoms with E-state index in [1.807, 2.05) is 113 Å². The predicted octanol–water partition coefficient (Wildman–Crippen LogP) is 10.8. The minimum Gasteiger partial charge on any atom is -0.539 e. The van der Waals surface area contributed by atoms with Crippen LogP contribution in [0.15, 0.2) is 109 Å². The molecule has 0 saturated carbocycles. The number of hydrogen-bond acceptors (Lipinski definition) is 4. The molecular weight excluding hydrogens is 765 g/mol. The highest BCUT2D eigenvalue weighted by Crippen LogP contribution is 2.45. The van der Waals surface area contributed by atoms with Gasteiger partial charge in [-0.2, -0.15) is 0 Å². The Hall–Kier alpha value is -4.61. The van der Waals surface area contributed by atoms with E-state index < -0.39 is 60.2 Å². The van der Waals surface area contributed by atoms with Gasteiger partial charge in [-0.1, -0.05) is 104 Å². The smallest absolute Gasteiger partial charge is 0.280 e. The topological polar surface area (TPSA) is 36.9 Å². The number of para-hydroxylation sites is 4. The Morgan fingerprint density at radius 3 is 1.37 bits per heavy atom. The molecule has 0 fully saturated rings. The highest BCUT2D eigenvalue weighted by atomic mass is 28.4. The molecule has 0 spiro atoms. The molecule has 2 aliphatic heterocycles. The van der Waals surface area contributed by atoms with Gasteiger partial charge < -0.3 is 17.7 Å². The van der Waals surface area contributed by atoms with Crippen LogP contribution in [-0.4, -0.2) is 33.3 Å². The highest BCUT2D eigenvalue weighted by Gasteiger charge is 2.43. The maximum Gasteiger partial charge on any atom is 0.280 e. The van der Waals surface area contributed by atoms with Gasteiger partial charge in [0.2, 0.25) is 0 Å². The van der Waals surface area contributed by atoms with Crippen LogP contribution >= 0.6 is 0 Å². The normalized spacial score (nSPS) is 20.7. The molecule has 8 rings (SSSR count). The maximum absolute atomic E-state index is 9.34. The van der Waals surface area contributed by atoms with Crippen molar-refractivity contribution in [3.63, 3.8) is 0 Å². The molecule has 6 aromatic rings. The van der Waals surface area contributed by atoms with Crippen molar-refractivity contribution in [3.8, 4) is 56.4 Å². The lowest BCUT2D eigenvalue weighted by molar-refractivity contribution is 0.534. The first kappa shape index (κ1) is 27.9. The molecule has 0 aliphatic carbocycles. The fourth-order valence-corrected chi connectivity index (χ4v) is 17.1. The van der Waals surface area contributed by atoms with Gasteiger partial charge in [-0.05, 0) is 136 Å². The van der Waals surface area contributed by atoms with Gasteiger partial charge in [-0.15, -0.1) is 0 Å². The summed E-state index contributed by atoms with van der Waals surface area (Å²) in [6.45, 7) is 8.64. The van der Waals surface area contributed by atoms with Gasteiger partial charge in [0.1, 0.15) is 23.0 Å². The lowest BCUT2D eigenvalue weighted by Gasteiger charge is -2.37. The van der Waals surface area contributed by atoms with E-state index in [2.05, 4.69) is 0 Å².